The van der Waals surface area contributed by atoms with Gasteiger partial charge in [0.1, 0.15) is 6.00 Å². The van der Waals surface area contributed by atoms with Crippen molar-refractivity contribution in [2.45, 2.75) is 6.00 Å². The number of nitroso groups, excluding NO2 is 1. The SMILES string of the molecule is O=Nc1nccn1CCl. The van der Waals surface area contributed by atoms with E-state index in [-0.39, 0.29) is 12.0 Å². The van der Waals surface area contributed by atoms with E-state index in [9.17, 15) is 4.91 Å². The van der Waals surface area contributed by atoms with Gasteiger partial charge in [-0.15, -0.1) is 16.5 Å². The monoisotopic (exact) mass is 145 g/mol. The van der Waals surface area contributed by atoms with Gasteiger partial charge in [0.25, 0.3) is 5.95 Å². The van der Waals surface area contributed by atoms with Crippen LogP contribution in [0.15, 0.2) is 17.6 Å². The summed E-state index contributed by atoms with van der Waals surface area (Å²) in [7, 11) is 0. The number of aromatic nitrogens is 2. The Hall–Kier alpha value is -0.900. The van der Waals surface area contributed by atoms with Crippen LogP contribution in [0.3, 0.4) is 0 Å². The first-order chi connectivity index (χ1) is 4.38. The highest BCUT2D eigenvalue weighted by atomic mass is 35.5. The molecule has 1 heterocycles. The third-order valence-electron chi connectivity index (χ3n) is 0.904. The summed E-state index contributed by atoms with van der Waals surface area (Å²) < 4.78 is 1.44. The van der Waals surface area contributed by atoms with Gasteiger partial charge in [0.2, 0.25) is 0 Å². The van der Waals surface area contributed by atoms with Gasteiger partial charge in [-0.05, 0) is 0 Å². The fourth-order valence-electron chi connectivity index (χ4n) is 0.491. The molecular formula is C4H4ClN3O. The maximum atomic E-state index is 9.86. The van der Waals surface area contributed by atoms with Crippen LogP contribution in [0.5, 0.6) is 0 Å². The minimum Gasteiger partial charge on any atom is -0.299 e. The van der Waals surface area contributed by atoms with Crippen molar-refractivity contribution >= 4 is 17.5 Å². The molecule has 0 N–H and O–H groups in total. The lowest BCUT2D eigenvalue weighted by Gasteiger charge is -1.91. The maximum Gasteiger partial charge on any atom is 0.272 e. The summed E-state index contributed by atoms with van der Waals surface area (Å²) in [4.78, 5) is 13.5. The summed E-state index contributed by atoms with van der Waals surface area (Å²) in [6.07, 6.45) is 3.06. The Balaban J connectivity index is 2.98. The Labute approximate surface area is 56.4 Å². The first-order valence-corrected chi connectivity index (χ1v) is 2.82. The van der Waals surface area contributed by atoms with Crippen molar-refractivity contribution in [3.63, 3.8) is 0 Å². The van der Waals surface area contributed by atoms with Gasteiger partial charge in [-0.3, -0.25) is 4.57 Å². The number of imidazole rings is 1. The largest absolute Gasteiger partial charge is 0.299 e. The highest BCUT2D eigenvalue weighted by molar-refractivity contribution is 6.15. The van der Waals surface area contributed by atoms with Gasteiger partial charge >= 0.3 is 0 Å². The molecule has 5 heteroatoms. The molecule has 0 radical (unpaired) electrons. The third-order valence-corrected chi connectivity index (χ3v) is 1.16. The molecular weight excluding hydrogens is 142 g/mol. The van der Waals surface area contributed by atoms with Crippen molar-refractivity contribution in [1.29, 1.82) is 0 Å². The Morgan fingerprint density at radius 1 is 1.89 bits per heavy atom. The molecule has 0 spiro atoms. The first kappa shape index (κ1) is 6.22. The van der Waals surface area contributed by atoms with Crippen molar-refractivity contribution in [3.05, 3.63) is 17.3 Å². The second-order valence-corrected chi connectivity index (χ2v) is 1.65. The van der Waals surface area contributed by atoms with Gasteiger partial charge < -0.3 is 0 Å². The number of rotatable bonds is 2. The topological polar surface area (TPSA) is 47.2 Å². The lowest BCUT2D eigenvalue weighted by Crippen LogP contribution is -1.86. The highest BCUT2D eigenvalue weighted by Crippen LogP contribution is 2.07. The Morgan fingerprint density at radius 3 is 3.11 bits per heavy atom. The second kappa shape index (κ2) is 2.59. The van der Waals surface area contributed by atoms with E-state index in [1.165, 1.54) is 10.8 Å². The molecule has 0 saturated carbocycles. The standard InChI is InChI=1S/C4H4ClN3O/c5-3-8-2-1-6-4(8)7-9/h1-2H,3H2. The van der Waals surface area contributed by atoms with Crippen LogP contribution in [0.2, 0.25) is 0 Å². The van der Waals surface area contributed by atoms with Crippen LogP contribution in [0.1, 0.15) is 0 Å². The molecule has 1 rings (SSSR count). The van der Waals surface area contributed by atoms with Gasteiger partial charge in [0, 0.05) is 17.6 Å². The smallest absolute Gasteiger partial charge is 0.272 e. The minimum atomic E-state index is 0.116. The molecule has 0 unspecified atom stereocenters. The van der Waals surface area contributed by atoms with Crippen LogP contribution >= 0.6 is 11.6 Å². The van der Waals surface area contributed by atoms with E-state index in [4.69, 9.17) is 11.6 Å². The van der Waals surface area contributed by atoms with E-state index in [2.05, 4.69) is 10.2 Å². The predicted molar refractivity (Wildman–Crippen MR) is 33.5 cm³/mol. The quantitative estimate of drug-likeness (QED) is 0.468. The number of alkyl halides is 1. The molecule has 9 heavy (non-hydrogen) atoms. The number of nitrogens with zero attached hydrogens (tertiary/aromatic N) is 3. The Morgan fingerprint density at radius 2 is 2.67 bits per heavy atom. The number of hydrogen-bond donors (Lipinski definition) is 0. The average molecular weight is 146 g/mol. The summed E-state index contributed by atoms with van der Waals surface area (Å²) in [6, 6.07) is 0.209. The fraction of sp³-hybridized carbons (Fsp3) is 0.250. The van der Waals surface area contributed by atoms with Crippen molar-refractivity contribution in [1.82, 2.24) is 9.55 Å². The van der Waals surface area contributed by atoms with Gasteiger partial charge in [0.05, 0.1) is 0 Å². The van der Waals surface area contributed by atoms with E-state index in [0.29, 0.717) is 0 Å². The molecule has 1 aromatic rings. The van der Waals surface area contributed by atoms with Crippen LogP contribution < -0.4 is 0 Å². The van der Waals surface area contributed by atoms with Crippen LogP contribution in [0.25, 0.3) is 0 Å². The number of hydrogen-bond acceptors (Lipinski definition) is 3. The summed E-state index contributed by atoms with van der Waals surface area (Å²) in [6.45, 7) is 0. The van der Waals surface area contributed by atoms with E-state index in [1.807, 2.05) is 0 Å². The van der Waals surface area contributed by atoms with Crippen LogP contribution in [0, 0.1) is 4.91 Å². The van der Waals surface area contributed by atoms with E-state index in [1.54, 1.807) is 6.20 Å². The van der Waals surface area contributed by atoms with Crippen molar-refractivity contribution < 1.29 is 0 Å². The molecule has 0 aliphatic carbocycles. The lowest BCUT2D eigenvalue weighted by molar-refractivity contribution is 0.879. The zero-order chi connectivity index (χ0) is 6.69. The summed E-state index contributed by atoms with van der Waals surface area (Å²) >= 11 is 5.38. The fourth-order valence-corrected chi connectivity index (χ4v) is 0.677. The van der Waals surface area contributed by atoms with Gasteiger partial charge in [-0.1, -0.05) is 0 Å². The third kappa shape index (κ3) is 1.08. The Bertz CT molecular complexity index is 209. The number of halogens is 1. The van der Waals surface area contributed by atoms with Crippen molar-refractivity contribution in [3.8, 4) is 0 Å². The minimum absolute atomic E-state index is 0.116. The molecule has 0 fully saturated rings. The molecule has 0 saturated heterocycles. The molecule has 0 bridgehead atoms. The molecule has 0 aliphatic rings. The Kier molecular flexibility index (Phi) is 1.79. The summed E-state index contributed by atoms with van der Waals surface area (Å²) in [5, 5.41) is 2.62. The van der Waals surface area contributed by atoms with Crippen LogP contribution in [-0.2, 0) is 6.00 Å². The first-order valence-electron chi connectivity index (χ1n) is 2.29. The van der Waals surface area contributed by atoms with E-state index < -0.39 is 0 Å². The van der Waals surface area contributed by atoms with Gasteiger partial charge in [-0.2, -0.15) is 0 Å². The molecule has 0 aromatic carbocycles. The average Bonchev–Trinajstić information content (AvgIpc) is 2.33. The van der Waals surface area contributed by atoms with Gasteiger partial charge in [-0.25, -0.2) is 4.98 Å². The maximum absolute atomic E-state index is 9.86. The van der Waals surface area contributed by atoms with Gasteiger partial charge in [0.15, 0.2) is 0 Å². The van der Waals surface area contributed by atoms with Crippen molar-refractivity contribution in [2.75, 3.05) is 0 Å². The lowest BCUT2D eigenvalue weighted by atomic mass is 10.9. The zero-order valence-electron chi connectivity index (χ0n) is 4.49. The van der Waals surface area contributed by atoms with Crippen LogP contribution in [-0.4, -0.2) is 9.55 Å². The van der Waals surface area contributed by atoms with Crippen LogP contribution in [0.4, 0.5) is 5.95 Å². The molecule has 0 amide bonds. The van der Waals surface area contributed by atoms with E-state index in [0.717, 1.165) is 0 Å². The normalized spacial score (nSPS) is 9.44. The molecule has 4 nitrogen and oxygen atoms in total. The molecule has 1 aromatic heterocycles. The summed E-state index contributed by atoms with van der Waals surface area (Å²) in [5.74, 6) is 0.116. The molecule has 48 valence electrons. The predicted octanol–water partition coefficient (Wildman–Crippen LogP) is 1.48. The van der Waals surface area contributed by atoms with Crippen molar-refractivity contribution in [2.24, 2.45) is 5.18 Å². The summed E-state index contributed by atoms with van der Waals surface area (Å²) in [5.41, 5.74) is 0. The zero-order valence-corrected chi connectivity index (χ0v) is 5.25. The molecule has 0 atom stereocenters. The highest BCUT2D eigenvalue weighted by Gasteiger charge is 1.97. The molecule has 0 aliphatic heterocycles. The van der Waals surface area contributed by atoms with E-state index >= 15 is 0 Å². The second-order valence-electron chi connectivity index (χ2n) is 1.41.